The highest BCUT2D eigenvalue weighted by molar-refractivity contribution is 5.97. The molecule has 148 valence electrons. The smallest absolute Gasteiger partial charge is 0.378 e. The van der Waals surface area contributed by atoms with Gasteiger partial charge in [0.2, 0.25) is 5.91 Å². The Hall–Kier alpha value is -2.16. The van der Waals surface area contributed by atoms with Crippen molar-refractivity contribution in [3.63, 3.8) is 0 Å². The van der Waals surface area contributed by atoms with Crippen LogP contribution in [0.2, 0.25) is 0 Å². The van der Waals surface area contributed by atoms with Crippen LogP contribution in [0.4, 0.5) is 18.9 Å². The molecule has 2 saturated heterocycles. The van der Waals surface area contributed by atoms with Crippen molar-refractivity contribution in [2.24, 2.45) is 0 Å². The molecule has 9 heteroatoms. The van der Waals surface area contributed by atoms with Gasteiger partial charge in [0.05, 0.1) is 24.4 Å². The fourth-order valence-electron chi connectivity index (χ4n) is 3.63. The first-order valence-corrected chi connectivity index (χ1v) is 9.06. The summed E-state index contributed by atoms with van der Waals surface area (Å²) >= 11 is 0. The Morgan fingerprint density at radius 3 is 2.56 bits per heavy atom. The Balaban J connectivity index is 1.65. The number of alkyl halides is 3. The molecule has 3 rings (SSSR count). The van der Waals surface area contributed by atoms with E-state index in [0.29, 0.717) is 26.1 Å². The van der Waals surface area contributed by atoms with Crippen molar-refractivity contribution < 1.29 is 27.5 Å². The van der Waals surface area contributed by atoms with Crippen molar-refractivity contribution >= 4 is 17.5 Å². The van der Waals surface area contributed by atoms with E-state index in [2.05, 4.69) is 4.98 Å². The number of carbonyl (C=O) groups excluding carboxylic acids is 2. The number of likely N-dealkylation sites (tertiary alicyclic amines) is 1. The molecule has 0 saturated carbocycles. The van der Waals surface area contributed by atoms with Gasteiger partial charge in [-0.2, -0.15) is 13.2 Å². The molecule has 0 bridgehead atoms. The number of piperidine rings is 1. The number of aromatic nitrogens is 1. The molecule has 0 radical (unpaired) electrons. The standard InChI is InChI=1S/C18H22F3N3O3/c19-18(20,21)17(26)24(14-3-1-7-22-12-14)13-5-8-23(9-6-13)16(25)11-15-4-2-10-27-15/h1,3,7,12-13,15H,2,4-6,8-11H2/t15-/m1/s1. The highest BCUT2D eigenvalue weighted by Crippen LogP contribution is 2.29. The van der Waals surface area contributed by atoms with Crippen LogP contribution in [0.15, 0.2) is 24.5 Å². The van der Waals surface area contributed by atoms with E-state index in [4.69, 9.17) is 4.74 Å². The van der Waals surface area contributed by atoms with Crippen LogP contribution >= 0.6 is 0 Å². The van der Waals surface area contributed by atoms with Crippen LogP contribution in [-0.2, 0) is 14.3 Å². The third-order valence-electron chi connectivity index (χ3n) is 4.99. The number of halogens is 3. The lowest BCUT2D eigenvalue weighted by atomic mass is 10.0. The van der Waals surface area contributed by atoms with Crippen LogP contribution in [0.1, 0.15) is 32.1 Å². The first-order valence-electron chi connectivity index (χ1n) is 9.06. The maximum Gasteiger partial charge on any atom is 0.471 e. The number of amides is 2. The van der Waals surface area contributed by atoms with Crippen LogP contribution < -0.4 is 4.90 Å². The second-order valence-electron chi connectivity index (χ2n) is 6.84. The second kappa shape index (κ2) is 8.24. The highest BCUT2D eigenvalue weighted by atomic mass is 19.4. The SMILES string of the molecule is O=C(C[C@H]1CCCO1)N1CCC(N(C(=O)C(F)(F)F)c2cccnc2)CC1. The van der Waals surface area contributed by atoms with Crippen molar-refractivity contribution in [1.82, 2.24) is 9.88 Å². The number of nitrogens with zero attached hydrogens (tertiary/aromatic N) is 3. The van der Waals surface area contributed by atoms with Gasteiger partial charge in [0.25, 0.3) is 0 Å². The summed E-state index contributed by atoms with van der Waals surface area (Å²) < 4.78 is 44.7. The lowest BCUT2D eigenvalue weighted by molar-refractivity contribution is -0.171. The zero-order valence-electron chi connectivity index (χ0n) is 14.8. The summed E-state index contributed by atoms with van der Waals surface area (Å²) in [4.78, 5) is 30.6. The fourth-order valence-corrected chi connectivity index (χ4v) is 3.63. The van der Waals surface area contributed by atoms with E-state index in [0.717, 1.165) is 17.7 Å². The molecule has 1 aromatic rings. The molecular weight excluding hydrogens is 363 g/mol. The number of hydrogen-bond donors (Lipinski definition) is 0. The van der Waals surface area contributed by atoms with E-state index in [1.807, 2.05) is 0 Å². The first-order chi connectivity index (χ1) is 12.9. The zero-order chi connectivity index (χ0) is 19.4. The second-order valence-corrected chi connectivity index (χ2v) is 6.84. The third kappa shape index (κ3) is 4.77. The maximum atomic E-state index is 13.1. The predicted molar refractivity (Wildman–Crippen MR) is 91.0 cm³/mol. The average molecular weight is 385 g/mol. The van der Waals surface area contributed by atoms with Crippen LogP contribution in [-0.4, -0.2) is 59.7 Å². The number of pyridine rings is 1. The van der Waals surface area contributed by atoms with E-state index in [1.165, 1.54) is 24.5 Å². The summed E-state index contributed by atoms with van der Waals surface area (Å²) in [7, 11) is 0. The van der Waals surface area contributed by atoms with Gasteiger partial charge in [-0.3, -0.25) is 19.5 Å². The molecule has 2 aliphatic rings. The third-order valence-corrected chi connectivity index (χ3v) is 4.99. The van der Waals surface area contributed by atoms with E-state index < -0.39 is 18.1 Å². The molecule has 0 aliphatic carbocycles. The minimum atomic E-state index is -4.97. The average Bonchev–Trinajstić information content (AvgIpc) is 3.15. The molecule has 2 aliphatic heterocycles. The predicted octanol–water partition coefficient (Wildman–Crippen LogP) is 2.54. The maximum absolute atomic E-state index is 13.1. The molecule has 0 aromatic carbocycles. The lowest BCUT2D eigenvalue weighted by Crippen LogP contribution is -2.52. The topological polar surface area (TPSA) is 62.7 Å². The molecule has 3 heterocycles. The zero-order valence-corrected chi connectivity index (χ0v) is 14.8. The van der Waals surface area contributed by atoms with Gasteiger partial charge in [-0.1, -0.05) is 0 Å². The van der Waals surface area contributed by atoms with Crippen LogP contribution in [0.25, 0.3) is 0 Å². The molecule has 6 nitrogen and oxygen atoms in total. The Morgan fingerprint density at radius 2 is 2.00 bits per heavy atom. The summed E-state index contributed by atoms with van der Waals surface area (Å²) in [5, 5.41) is 0. The van der Waals surface area contributed by atoms with Gasteiger partial charge in [0.15, 0.2) is 0 Å². The number of carbonyl (C=O) groups is 2. The van der Waals surface area contributed by atoms with Gasteiger partial charge in [-0.25, -0.2) is 0 Å². The largest absolute Gasteiger partial charge is 0.471 e. The Bertz CT molecular complexity index is 655. The number of anilines is 1. The lowest BCUT2D eigenvalue weighted by Gasteiger charge is -2.38. The summed E-state index contributed by atoms with van der Waals surface area (Å²) in [5.41, 5.74) is 0.115. The van der Waals surface area contributed by atoms with Gasteiger partial charge < -0.3 is 9.64 Å². The molecule has 0 N–H and O–H groups in total. The van der Waals surface area contributed by atoms with Gasteiger partial charge in [-0.15, -0.1) is 0 Å². The van der Waals surface area contributed by atoms with E-state index in [-0.39, 0.29) is 30.5 Å². The molecule has 1 aromatic heterocycles. The van der Waals surface area contributed by atoms with Crippen molar-refractivity contribution in [2.75, 3.05) is 24.6 Å². The Morgan fingerprint density at radius 1 is 1.26 bits per heavy atom. The summed E-state index contributed by atoms with van der Waals surface area (Å²) in [6, 6.07) is 2.30. The Kier molecular flexibility index (Phi) is 5.98. The molecular formula is C18H22F3N3O3. The Labute approximate surface area is 155 Å². The molecule has 2 amide bonds. The van der Waals surface area contributed by atoms with Crippen LogP contribution in [0, 0.1) is 0 Å². The normalized spacial score (nSPS) is 21.3. The molecule has 2 fully saturated rings. The van der Waals surface area contributed by atoms with Crippen molar-refractivity contribution in [1.29, 1.82) is 0 Å². The van der Waals surface area contributed by atoms with E-state index in [9.17, 15) is 22.8 Å². The summed E-state index contributed by atoms with van der Waals surface area (Å²) in [6.45, 7) is 1.30. The van der Waals surface area contributed by atoms with Crippen LogP contribution in [0.3, 0.4) is 0 Å². The highest BCUT2D eigenvalue weighted by Gasteiger charge is 2.46. The van der Waals surface area contributed by atoms with Gasteiger partial charge in [-0.05, 0) is 37.8 Å². The van der Waals surface area contributed by atoms with Crippen LogP contribution in [0.5, 0.6) is 0 Å². The first kappa shape index (κ1) is 19.6. The van der Waals surface area contributed by atoms with Crippen molar-refractivity contribution in [2.45, 2.75) is 50.4 Å². The fraction of sp³-hybridized carbons (Fsp3) is 0.611. The summed E-state index contributed by atoms with van der Waals surface area (Å²) in [5.74, 6) is -1.95. The number of ether oxygens (including phenoxy) is 1. The van der Waals surface area contributed by atoms with E-state index >= 15 is 0 Å². The minimum absolute atomic E-state index is 0.0459. The van der Waals surface area contributed by atoms with Crippen molar-refractivity contribution in [3.8, 4) is 0 Å². The summed E-state index contributed by atoms with van der Waals surface area (Å²) in [6.07, 6.45) is 0.332. The molecule has 1 atom stereocenters. The monoisotopic (exact) mass is 385 g/mol. The van der Waals surface area contributed by atoms with Gasteiger partial charge >= 0.3 is 12.1 Å². The molecule has 0 unspecified atom stereocenters. The minimum Gasteiger partial charge on any atom is -0.378 e. The van der Waals surface area contributed by atoms with E-state index in [1.54, 1.807) is 4.90 Å². The molecule has 27 heavy (non-hydrogen) atoms. The van der Waals surface area contributed by atoms with Gasteiger partial charge in [0.1, 0.15) is 0 Å². The van der Waals surface area contributed by atoms with Crippen molar-refractivity contribution in [3.05, 3.63) is 24.5 Å². The quantitative estimate of drug-likeness (QED) is 0.799. The van der Waals surface area contributed by atoms with Gasteiger partial charge in [0, 0.05) is 31.9 Å². The number of hydrogen-bond acceptors (Lipinski definition) is 4. The number of rotatable bonds is 4. The molecule has 0 spiro atoms.